The van der Waals surface area contributed by atoms with Crippen molar-refractivity contribution in [3.63, 3.8) is 0 Å². The van der Waals surface area contributed by atoms with E-state index in [4.69, 9.17) is 9.47 Å². The van der Waals surface area contributed by atoms with E-state index in [1.165, 1.54) is 56.1 Å². The lowest BCUT2D eigenvalue weighted by Crippen LogP contribution is -2.43. The summed E-state index contributed by atoms with van der Waals surface area (Å²) in [5.74, 6) is 0.723. The van der Waals surface area contributed by atoms with E-state index in [1.54, 1.807) is 0 Å². The topological polar surface area (TPSA) is 35.5 Å². The fourth-order valence-electron chi connectivity index (χ4n) is 3.96. The Labute approximate surface area is 195 Å². The Morgan fingerprint density at radius 1 is 0.812 bits per heavy atom. The Morgan fingerprint density at radius 3 is 2.22 bits per heavy atom. The fourth-order valence-corrected chi connectivity index (χ4v) is 3.96. The number of likely N-dealkylation sites (N-methyl/N-ethyl adjacent to an activating group) is 1. The molecule has 0 heterocycles. The van der Waals surface area contributed by atoms with Crippen LogP contribution in [0.2, 0.25) is 0 Å². The summed E-state index contributed by atoms with van der Waals surface area (Å²) in [6.07, 6.45) is 10.2. The van der Waals surface area contributed by atoms with Crippen LogP contribution >= 0.6 is 0 Å². The Bertz CT molecular complexity index is 773. The SMILES string of the molecule is CCCCCCCCCc1ccccc1OCCOC(=O)C[N+](C)(C)Cc1ccccc1. The monoisotopic (exact) mass is 440 g/mol. The summed E-state index contributed by atoms with van der Waals surface area (Å²) in [5.41, 5.74) is 2.46. The summed E-state index contributed by atoms with van der Waals surface area (Å²) in [7, 11) is 4.09. The molecule has 2 aromatic rings. The third-order valence-corrected chi connectivity index (χ3v) is 5.64. The highest BCUT2D eigenvalue weighted by atomic mass is 16.6. The molecule has 0 aromatic heterocycles. The molecule has 0 saturated heterocycles. The zero-order valence-electron chi connectivity index (χ0n) is 20.4. The average molecular weight is 441 g/mol. The standard InChI is InChI=1S/C28H42NO3/c1-4-5-6-7-8-9-13-18-26-19-14-15-20-27(26)31-21-22-32-28(30)24-29(2,3)23-25-16-11-10-12-17-25/h10-12,14-17,19-20H,4-9,13,18,21-24H2,1-3H3/q+1. The van der Waals surface area contributed by atoms with Crippen LogP contribution in [0, 0.1) is 0 Å². The molecule has 32 heavy (non-hydrogen) atoms. The van der Waals surface area contributed by atoms with Gasteiger partial charge in [0.1, 0.15) is 25.5 Å². The maximum absolute atomic E-state index is 12.3. The molecule has 4 nitrogen and oxygen atoms in total. The second-order valence-corrected chi connectivity index (χ2v) is 9.29. The maximum Gasteiger partial charge on any atom is 0.361 e. The number of carbonyl (C=O) groups excluding carboxylic acids is 1. The maximum atomic E-state index is 12.3. The predicted molar refractivity (Wildman–Crippen MR) is 132 cm³/mol. The molecule has 0 unspecified atom stereocenters. The van der Waals surface area contributed by atoms with Crippen molar-refractivity contribution in [3.05, 3.63) is 65.7 Å². The number of carbonyl (C=O) groups is 1. The van der Waals surface area contributed by atoms with Gasteiger partial charge >= 0.3 is 5.97 Å². The smallest absolute Gasteiger partial charge is 0.361 e. The van der Waals surface area contributed by atoms with Crippen molar-refractivity contribution >= 4 is 5.97 Å². The van der Waals surface area contributed by atoms with Gasteiger partial charge in [-0.05, 0) is 24.5 Å². The van der Waals surface area contributed by atoms with Gasteiger partial charge in [-0.1, -0.05) is 94.0 Å². The number of para-hydroxylation sites is 1. The molecular weight excluding hydrogens is 398 g/mol. The van der Waals surface area contributed by atoms with Crippen LogP contribution < -0.4 is 4.74 Å². The van der Waals surface area contributed by atoms with Crippen molar-refractivity contribution < 1.29 is 18.8 Å². The van der Waals surface area contributed by atoms with E-state index in [-0.39, 0.29) is 12.6 Å². The first kappa shape index (κ1) is 25.9. The molecule has 0 aliphatic carbocycles. The lowest BCUT2D eigenvalue weighted by molar-refractivity contribution is -0.896. The van der Waals surface area contributed by atoms with E-state index in [0.717, 1.165) is 18.7 Å². The van der Waals surface area contributed by atoms with Crippen LogP contribution in [0.5, 0.6) is 5.75 Å². The van der Waals surface area contributed by atoms with Gasteiger partial charge in [0.25, 0.3) is 0 Å². The minimum atomic E-state index is -0.189. The van der Waals surface area contributed by atoms with Gasteiger partial charge < -0.3 is 14.0 Å². The minimum Gasteiger partial charge on any atom is -0.490 e. The number of ether oxygens (including phenoxy) is 2. The molecule has 0 radical (unpaired) electrons. The number of aryl methyl sites for hydroxylation is 1. The van der Waals surface area contributed by atoms with Crippen LogP contribution in [-0.2, 0) is 22.5 Å². The highest BCUT2D eigenvalue weighted by molar-refractivity contribution is 5.70. The van der Waals surface area contributed by atoms with Crippen LogP contribution in [0.15, 0.2) is 54.6 Å². The summed E-state index contributed by atoms with van der Waals surface area (Å²) >= 11 is 0. The van der Waals surface area contributed by atoms with Gasteiger partial charge in [0.05, 0.1) is 14.1 Å². The number of nitrogens with zero attached hydrogens (tertiary/aromatic N) is 1. The number of quaternary nitrogens is 1. The molecule has 4 heteroatoms. The van der Waals surface area contributed by atoms with Gasteiger partial charge in [-0.3, -0.25) is 0 Å². The van der Waals surface area contributed by atoms with E-state index in [1.807, 2.05) is 44.4 Å². The third kappa shape index (κ3) is 10.8. The first-order chi connectivity index (χ1) is 15.5. The highest BCUT2D eigenvalue weighted by Crippen LogP contribution is 2.21. The summed E-state index contributed by atoms with van der Waals surface area (Å²) < 4.78 is 11.9. The molecule has 0 amide bonds. The van der Waals surface area contributed by atoms with Crippen molar-refractivity contribution in [3.8, 4) is 5.75 Å². The fraction of sp³-hybridized carbons (Fsp3) is 0.536. The van der Waals surface area contributed by atoms with Crippen molar-refractivity contribution in [2.45, 2.75) is 64.8 Å². The average Bonchev–Trinajstić information content (AvgIpc) is 2.77. The summed E-state index contributed by atoms with van der Waals surface area (Å²) in [5, 5.41) is 0. The van der Waals surface area contributed by atoms with Gasteiger partial charge in [0, 0.05) is 5.56 Å². The molecule has 0 spiro atoms. The predicted octanol–water partition coefficient (Wildman–Crippen LogP) is 6.18. The van der Waals surface area contributed by atoms with Crippen molar-refractivity contribution in [2.24, 2.45) is 0 Å². The zero-order valence-corrected chi connectivity index (χ0v) is 20.4. The lowest BCUT2D eigenvalue weighted by atomic mass is 10.0. The third-order valence-electron chi connectivity index (χ3n) is 5.64. The van der Waals surface area contributed by atoms with Gasteiger partial charge in [-0.15, -0.1) is 0 Å². The minimum absolute atomic E-state index is 0.189. The van der Waals surface area contributed by atoms with Crippen LogP contribution in [0.1, 0.15) is 63.0 Å². The summed E-state index contributed by atoms with van der Waals surface area (Å²) in [4.78, 5) is 12.3. The lowest BCUT2D eigenvalue weighted by Gasteiger charge is -2.28. The molecule has 0 bridgehead atoms. The molecule has 2 rings (SSSR count). The second-order valence-electron chi connectivity index (χ2n) is 9.29. The molecule has 0 aliphatic heterocycles. The Balaban J connectivity index is 1.66. The quantitative estimate of drug-likeness (QED) is 0.178. The number of unbranched alkanes of at least 4 members (excludes halogenated alkanes) is 6. The summed E-state index contributed by atoms with van der Waals surface area (Å²) in [6.45, 7) is 4.04. The number of benzene rings is 2. The molecule has 0 fully saturated rings. The van der Waals surface area contributed by atoms with Crippen molar-refractivity contribution in [1.29, 1.82) is 0 Å². The first-order valence-electron chi connectivity index (χ1n) is 12.2. The Morgan fingerprint density at radius 2 is 1.47 bits per heavy atom. The van der Waals surface area contributed by atoms with E-state index >= 15 is 0 Å². The molecule has 2 aromatic carbocycles. The largest absolute Gasteiger partial charge is 0.490 e. The van der Waals surface area contributed by atoms with E-state index < -0.39 is 0 Å². The van der Waals surface area contributed by atoms with Crippen LogP contribution in [0.25, 0.3) is 0 Å². The molecule has 176 valence electrons. The normalized spacial score (nSPS) is 11.3. The number of esters is 1. The molecule has 0 N–H and O–H groups in total. The Kier molecular flexibility index (Phi) is 11.9. The van der Waals surface area contributed by atoms with E-state index in [9.17, 15) is 4.79 Å². The van der Waals surface area contributed by atoms with Gasteiger partial charge in [0.2, 0.25) is 0 Å². The van der Waals surface area contributed by atoms with Crippen LogP contribution in [-0.4, -0.2) is 44.3 Å². The van der Waals surface area contributed by atoms with Crippen LogP contribution in [0.4, 0.5) is 0 Å². The molecule has 0 atom stereocenters. The number of hydrogen-bond donors (Lipinski definition) is 0. The Hall–Kier alpha value is -2.33. The highest BCUT2D eigenvalue weighted by Gasteiger charge is 2.21. The van der Waals surface area contributed by atoms with Gasteiger partial charge in [-0.25, -0.2) is 4.79 Å². The number of hydrogen-bond acceptors (Lipinski definition) is 3. The summed E-state index contributed by atoms with van der Waals surface area (Å²) in [6, 6.07) is 18.4. The van der Waals surface area contributed by atoms with Crippen LogP contribution in [0.3, 0.4) is 0 Å². The van der Waals surface area contributed by atoms with E-state index in [0.29, 0.717) is 17.6 Å². The zero-order chi connectivity index (χ0) is 23.1. The van der Waals surface area contributed by atoms with E-state index in [2.05, 4.69) is 31.2 Å². The first-order valence-corrected chi connectivity index (χ1v) is 12.2. The van der Waals surface area contributed by atoms with Gasteiger partial charge in [-0.2, -0.15) is 0 Å². The van der Waals surface area contributed by atoms with Crippen molar-refractivity contribution in [2.75, 3.05) is 33.9 Å². The second kappa shape index (κ2) is 14.7. The van der Waals surface area contributed by atoms with Crippen molar-refractivity contribution in [1.82, 2.24) is 0 Å². The molecule has 0 saturated carbocycles. The molecule has 0 aliphatic rings. The van der Waals surface area contributed by atoms with Gasteiger partial charge in [0.15, 0.2) is 6.54 Å². The molecular formula is C28H42NO3+. The number of rotatable bonds is 16.